The monoisotopic (exact) mass is 533 g/mol. The number of benzene rings is 2. The fourth-order valence-corrected chi connectivity index (χ4v) is 5.07. The highest BCUT2D eigenvalue weighted by atomic mass is 16.6. The van der Waals surface area contributed by atoms with Gasteiger partial charge in [-0.15, -0.1) is 0 Å². The molecule has 4 aromatic rings. The summed E-state index contributed by atoms with van der Waals surface area (Å²) in [5.74, 6) is 0.287. The van der Waals surface area contributed by atoms with Crippen LogP contribution in [0.4, 0.5) is 16.2 Å². The molecule has 39 heavy (non-hydrogen) atoms. The van der Waals surface area contributed by atoms with Crippen LogP contribution in [0.15, 0.2) is 30.6 Å². The molecule has 11 heteroatoms. The Labute approximate surface area is 227 Å². The van der Waals surface area contributed by atoms with Gasteiger partial charge in [0, 0.05) is 63.7 Å². The van der Waals surface area contributed by atoms with E-state index in [0.29, 0.717) is 48.7 Å². The van der Waals surface area contributed by atoms with Crippen molar-refractivity contribution in [1.29, 1.82) is 0 Å². The summed E-state index contributed by atoms with van der Waals surface area (Å²) in [7, 11) is 5.28. The Hall–Kier alpha value is -4.28. The molecule has 0 saturated carbocycles. The summed E-state index contributed by atoms with van der Waals surface area (Å²) in [6.45, 7) is 9.96. The van der Waals surface area contributed by atoms with Crippen LogP contribution >= 0.6 is 0 Å². The maximum atomic E-state index is 13.6. The second kappa shape index (κ2) is 9.79. The van der Waals surface area contributed by atoms with Gasteiger partial charge in [-0.05, 0) is 51.5 Å². The van der Waals surface area contributed by atoms with Crippen LogP contribution in [0, 0.1) is 6.92 Å². The zero-order chi connectivity index (χ0) is 28.1. The van der Waals surface area contributed by atoms with E-state index in [1.54, 1.807) is 21.4 Å². The first-order valence-electron chi connectivity index (χ1n) is 13.0. The molecule has 1 fully saturated rings. The number of fused-ring (bicyclic) bond motifs is 2. The number of methoxy groups -OCH3 is 1. The van der Waals surface area contributed by atoms with Gasteiger partial charge in [0.2, 0.25) is 0 Å². The first-order valence-corrected chi connectivity index (χ1v) is 13.0. The molecule has 0 spiro atoms. The Bertz CT molecular complexity index is 1570. The van der Waals surface area contributed by atoms with Crippen molar-refractivity contribution in [3.05, 3.63) is 41.7 Å². The average molecular weight is 534 g/mol. The van der Waals surface area contributed by atoms with Crippen LogP contribution in [-0.4, -0.2) is 75.4 Å². The lowest BCUT2D eigenvalue weighted by atomic mass is 10.1. The van der Waals surface area contributed by atoms with E-state index < -0.39 is 5.60 Å². The van der Waals surface area contributed by atoms with Gasteiger partial charge >= 0.3 is 6.09 Å². The van der Waals surface area contributed by atoms with Crippen LogP contribution in [0.2, 0.25) is 0 Å². The number of hydrogen-bond acceptors (Lipinski definition) is 7. The van der Waals surface area contributed by atoms with Crippen molar-refractivity contribution in [3.63, 3.8) is 0 Å². The third-order valence-corrected chi connectivity index (χ3v) is 6.79. The Morgan fingerprint density at radius 3 is 2.23 bits per heavy atom. The molecule has 3 heterocycles. The van der Waals surface area contributed by atoms with E-state index in [1.165, 1.54) is 0 Å². The first kappa shape index (κ1) is 26.3. The van der Waals surface area contributed by atoms with E-state index in [0.717, 1.165) is 27.5 Å². The third kappa shape index (κ3) is 5.08. The molecule has 0 radical (unpaired) electrons. The second-order valence-electron chi connectivity index (χ2n) is 10.9. The van der Waals surface area contributed by atoms with Gasteiger partial charge in [-0.3, -0.25) is 14.2 Å². The molecule has 11 nitrogen and oxygen atoms in total. The van der Waals surface area contributed by atoms with Crippen molar-refractivity contribution >= 4 is 45.2 Å². The number of aromatic nitrogens is 4. The van der Waals surface area contributed by atoms with Crippen molar-refractivity contribution in [2.45, 2.75) is 33.3 Å². The lowest BCUT2D eigenvalue weighted by Gasteiger charge is -2.37. The summed E-state index contributed by atoms with van der Waals surface area (Å²) < 4.78 is 14.7. The smallest absolute Gasteiger partial charge is 0.410 e. The Kier molecular flexibility index (Phi) is 6.61. The van der Waals surface area contributed by atoms with E-state index in [9.17, 15) is 9.59 Å². The van der Waals surface area contributed by atoms with Crippen LogP contribution in [0.25, 0.3) is 21.8 Å². The van der Waals surface area contributed by atoms with Gasteiger partial charge in [-0.25, -0.2) is 4.79 Å². The molecular weight excluding hydrogens is 498 g/mol. The van der Waals surface area contributed by atoms with Crippen LogP contribution in [0.5, 0.6) is 5.75 Å². The van der Waals surface area contributed by atoms with Crippen LogP contribution < -0.4 is 15.0 Å². The van der Waals surface area contributed by atoms with E-state index in [-0.39, 0.29) is 12.0 Å². The van der Waals surface area contributed by atoms with Crippen molar-refractivity contribution < 1.29 is 19.1 Å². The van der Waals surface area contributed by atoms with Crippen LogP contribution in [0.1, 0.15) is 36.7 Å². The number of ether oxygens (including phenoxy) is 2. The fourth-order valence-electron chi connectivity index (χ4n) is 5.07. The van der Waals surface area contributed by atoms with E-state index >= 15 is 0 Å². The number of amides is 2. The van der Waals surface area contributed by atoms with Crippen LogP contribution in [0.3, 0.4) is 0 Å². The van der Waals surface area contributed by atoms with Gasteiger partial charge in [-0.1, -0.05) is 0 Å². The number of nitrogens with zero attached hydrogens (tertiary/aromatic N) is 6. The summed E-state index contributed by atoms with van der Waals surface area (Å²) >= 11 is 0. The van der Waals surface area contributed by atoms with E-state index in [4.69, 9.17) is 9.47 Å². The minimum Gasteiger partial charge on any atom is -0.494 e. The molecule has 5 rings (SSSR count). The Morgan fingerprint density at radius 1 is 0.949 bits per heavy atom. The van der Waals surface area contributed by atoms with Crippen LogP contribution in [-0.2, 0) is 18.8 Å². The Balaban J connectivity index is 1.40. The average Bonchev–Trinajstić information content (AvgIpc) is 3.45. The highest BCUT2D eigenvalue weighted by molar-refractivity contribution is 6.15. The van der Waals surface area contributed by atoms with Gasteiger partial charge < -0.3 is 24.6 Å². The zero-order valence-electron chi connectivity index (χ0n) is 23.5. The molecule has 206 valence electrons. The van der Waals surface area contributed by atoms with E-state index in [2.05, 4.69) is 20.4 Å². The number of carbonyl (C=O) groups excluding carboxylic acids is 2. The maximum absolute atomic E-state index is 13.6. The highest BCUT2D eigenvalue weighted by Crippen LogP contribution is 2.36. The molecular formula is C28H35N7O4. The van der Waals surface area contributed by atoms with Crippen molar-refractivity contribution in [3.8, 4) is 5.75 Å². The van der Waals surface area contributed by atoms with Gasteiger partial charge in [0.15, 0.2) is 5.75 Å². The lowest BCUT2D eigenvalue weighted by molar-refractivity contribution is 0.0240. The molecule has 0 aliphatic carbocycles. The van der Waals surface area contributed by atoms with Crippen molar-refractivity contribution in [2.24, 2.45) is 14.1 Å². The minimum atomic E-state index is -0.529. The standard InChI is InChI=1S/C28H35N7O4/c1-17-14-21(25(38-7)20-16-33(6)30-23(17)20)29-26(36)18-8-9-22(19-15-32(5)31-24(18)19)34-10-12-35(13-11-34)27(37)39-28(2,3)4/h8-9,14-16H,10-13H2,1-7H3,(H,29,36). The molecule has 1 N–H and O–H groups in total. The van der Waals surface area contributed by atoms with Gasteiger partial charge in [0.05, 0.1) is 29.3 Å². The van der Waals surface area contributed by atoms with Crippen molar-refractivity contribution in [1.82, 2.24) is 24.5 Å². The van der Waals surface area contributed by atoms with Gasteiger partial charge in [-0.2, -0.15) is 10.2 Å². The normalized spacial score (nSPS) is 14.2. The number of piperazine rings is 1. The number of carbonyl (C=O) groups is 2. The molecule has 2 amide bonds. The van der Waals surface area contributed by atoms with Crippen molar-refractivity contribution in [2.75, 3.05) is 43.5 Å². The lowest BCUT2D eigenvalue weighted by Crippen LogP contribution is -2.50. The molecule has 2 aromatic carbocycles. The molecule has 0 unspecified atom stereocenters. The summed E-state index contributed by atoms with van der Waals surface area (Å²) in [6, 6.07) is 5.64. The summed E-state index contributed by atoms with van der Waals surface area (Å²) in [4.78, 5) is 30.0. The fraction of sp³-hybridized carbons (Fsp3) is 0.429. The van der Waals surface area contributed by atoms with Gasteiger partial charge in [0.1, 0.15) is 11.1 Å². The predicted molar refractivity (Wildman–Crippen MR) is 151 cm³/mol. The summed E-state index contributed by atoms with van der Waals surface area (Å²) in [6.07, 6.45) is 3.51. The second-order valence-corrected chi connectivity index (χ2v) is 10.9. The summed E-state index contributed by atoms with van der Waals surface area (Å²) in [5.41, 5.74) is 3.86. The summed E-state index contributed by atoms with van der Waals surface area (Å²) in [5, 5.41) is 13.9. The topological polar surface area (TPSA) is 107 Å². The zero-order valence-corrected chi connectivity index (χ0v) is 23.5. The maximum Gasteiger partial charge on any atom is 0.410 e. The Morgan fingerprint density at radius 2 is 1.59 bits per heavy atom. The SMILES string of the molecule is COc1c(NC(=O)c2ccc(N3CCN(C(=O)OC(C)(C)C)CC3)c3cn(C)nc23)cc(C)c2nn(C)cc12. The number of hydrogen-bond donors (Lipinski definition) is 1. The molecule has 1 aliphatic rings. The predicted octanol–water partition coefficient (Wildman–Crippen LogP) is 4.09. The highest BCUT2D eigenvalue weighted by Gasteiger charge is 2.28. The number of rotatable bonds is 4. The van der Waals surface area contributed by atoms with Gasteiger partial charge in [0.25, 0.3) is 5.91 Å². The molecule has 1 saturated heterocycles. The number of nitrogens with one attached hydrogen (secondary N) is 1. The molecule has 2 aromatic heterocycles. The minimum absolute atomic E-state index is 0.277. The number of anilines is 2. The largest absolute Gasteiger partial charge is 0.494 e. The van der Waals surface area contributed by atoms with E-state index in [1.807, 2.05) is 72.4 Å². The molecule has 1 aliphatic heterocycles. The quantitative estimate of drug-likeness (QED) is 0.421. The molecule has 0 atom stereocenters. The first-order chi connectivity index (χ1) is 18.4. The third-order valence-electron chi connectivity index (χ3n) is 6.79. The molecule has 0 bridgehead atoms. The number of aryl methyl sites for hydroxylation is 3.